The Morgan fingerprint density at radius 3 is 2.57 bits per heavy atom. The van der Waals surface area contributed by atoms with Gasteiger partial charge in [0.05, 0.1) is 37.5 Å². The lowest BCUT2D eigenvalue weighted by Crippen LogP contribution is -2.42. The molecule has 8 heteroatoms. The van der Waals surface area contributed by atoms with Gasteiger partial charge in [-0.2, -0.15) is 5.26 Å². The van der Waals surface area contributed by atoms with Gasteiger partial charge in [0.15, 0.2) is 17.3 Å². The number of nitrogens with zero attached hydrogens (tertiary/aromatic N) is 2. The highest BCUT2D eigenvalue weighted by atomic mass is 16.7. The number of rotatable bonds is 4. The number of carbonyl (C=O) groups excluding carboxylic acids is 1. The topological polar surface area (TPSA) is 107 Å². The van der Waals surface area contributed by atoms with Crippen molar-refractivity contribution in [3.05, 3.63) is 64.6 Å². The van der Waals surface area contributed by atoms with Crippen LogP contribution >= 0.6 is 0 Å². The van der Waals surface area contributed by atoms with E-state index in [1.165, 1.54) is 0 Å². The van der Waals surface area contributed by atoms with Gasteiger partial charge in [0.2, 0.25) is 6.79 Å². The highest BCUT2D eigenvalue weighted by molar-refractivity contribution is 6.02. The van der Waals surface area contributed by atoms with Crippen LogP contribution in [-0.4, -0.2) is 26.8 Å². The molecule has 0 saturated carbocycles. The highest BCUT2D eigenvalue weighted by Gasteiger charge is 2.45. The van der Waals surface area contributed by atoms with Crippen molar-refractivity contribution in [2.45, 2.75) is 32.6 Å². The van der Waals surface area contributed by atoms with E-state index in [2.05, 4.69) is 19.9 Å². The molecule has 3 aliphatic rings. The first-order valence-corrected chi connectivity index (χ1v) is 11.4. The molecule has 2 heterocycles. The maximum Gasteiger partial charge on any atom is 0.231 e. The molecule has 2 aliphatic heterocycles. The molecule has 0 spiro atoms. The number of methoxy groups -OCH3 is 2. The number of benzene rings is 2. The number of fused-ring (bicyclic) bond motifs is 1. The van der Waals surface area contributed by atoms with Crippen molar-refractivity contribution in [2.24, 2.45) is 11.1 Å². The van der Waals surface area contributed by atoms with Gasteiger partial charge in [-0.3, -0.25) is 9.69 Å². The molecule has 8 nitrogen and oxygen atoms in total. The molecule has 0 amide bonds. The molecule has 0 saturated heterocycles. The molecule has 5 rings (SSSR count). The first-order valence-electron chi connectivity index (χ1n) is 11.4. The number of allylic oxidation sites excluding steroid dienone is 3. The summed E-state index contributed by atoms with van der Waals surface area (Å²) < 4.78 is 22.0. The second-order valence-corrected chi connectivity index (χ2v) is 9.63. The predicted octanol–water partition coefficient (Wildman–Crippen LogP) is 4.37. The van der Waals surface area contributed by atoms with Gasteiger partial charge in [0, 0.05) is 23.8 Å². The molecule has 0 bridgehead atoms. The third kappa shape index (κ3) is 3.64. The highest BCUT2D eigenvalue weighted by Crippen LogP contribution is 2.52. The molecule has 2 aromatic carbocycles. The van der Waals surface area contributed by atoms with Crippen LogP contribution in [0.3, 0.4) is 0 Å². The number of anilines is 1. The second-order valence-electron chi connectivity index (χ2n) is 9.63. The molecule has 35 heavy (non-hydrogen) atoms. The maximum atomic E-state index is 13.7. The van der Waals surface area contributed by atoms with E-state index < -0.39 is 5.92 Å². The molecule has 0 radical (unpaired) electrons. The zero-order valence-electron chi connectivity index (χ0n) is 20.2. The smallest absolute Gasteiger partial charge is 0.231 e. The van der Waals surface area contributed by atoms with Crippen molar-refractivity contribution in [3.63, 3.8) is 0 Å². The lowest BCUT2D eigenvalue weighted by Gasteiger charge is -2.44. The number of ether oxygens (including phenoxy) is 4. The summed E-state index contributed by atoms with van der Waals surface area (Å²) >= 11 is 0. The van der Waals surface area contributed by atoms with E-state index in [9.17, 15) is 10.1 Å². The van der Waals surface area contributed by atoms with Gasteiger partial charge in [-0.1, -0.05) is 19.9 Å². The van der Waals surface area contributed by atoms with Crippen molar-refractivity contribution in [1.29, 1.82) is 5.26 Å². The van der Waals surface area contributed by atoms with E-state index in [4.69, 9.17) is 24.7 Å². The number of nitriles is 1. The average Bonchev–Trinajstić information content (AvgIpc) is 3.30. The Morgan fingerprint density at radius 2 is 1.86 bits per heavy atom. The standard InChI is InChI=1S/C27H27N3O5/c1-27(2)11-19-25(20(31)12-27)24(15-5-8-21-23(9-15)35-14-34-21)17(13-28)26(29)30(19)18-7-6-16(32-3)10-22(18)33-4/h5-10,24H,11-12,14,29H2,1-4H3/t24-/m1/s1. The number of ketones is 1. The van der Waals surface area contributed by atoms with Crippen LogP contribution in [-0.2, 0) is 4.79 Å². The Bertz CT molecular complexity index is 1330. The summed E-state index contributed by atoms with van der Waals surface area (Å²) in [4.78, 5) is 15.5. The van der Waals surface area contributed by atoms with E-state index >= 15 is 0 Å². The van der Waals surface area contributed by atoms with Crippen molar-refractivity contribution in [1.82, 2.24) is 0 Å². The monoisotopic (exact) mass is 473 g/mol. The summed E-state index contributed by atoms with van der Waals surface area (Å²) in [5, 5.41) is 10.3. The quantitative estimate of drug-likeness (QED) is 0.698. The fourth-order valence-electron chi connectivity index (χ4n) is 5.18. The minimum atomic E-state index is -0.603. The molecule has 2 N–H and O–H groups in total. The fourth-order valence-corrected chi connectivity index (χ4v) is 5.18. The Labute approximate surface area is 204 Å². The Balaban J connectivity index is 1.76. The molecule has 2 aromatic rings. The van der Waals surface area contributed by atoms with Crippen LogP contribution < -0.4 is 29.6 Å². The van der Waals surface area contributed by atoms with E-state index in [-0.39, 0.29) is 23.8 Å². The Hall–Kier alpha value is -4.12. The first kappa shape index (κ1) is 22.7. The molecular formula is C27H27N3O5. The fraction of sp³-hybridized carbons (Fsp3) is 0.333. The van der Waals surface area contributed by atoms with Crippen LogP contribution in [0.15, 0.2) is 59.1 Å². The van der Waals surface area contributed by atoms with E-state index in [1.807, 2.05) is 18.2 Å². The second kappa shape index (κ2) is 8.27. The molecule has 180 valence electrons. The van der Waals surface area contributed by atoms with Gasteiger partial charge >= 0.3 is 0 Å². The van der Waals surface area contributed by atoms with Gasteiger partial charge in [-0.15, -0.1) is 0 Å². The lowest BCUT2D eigenvalue weighted by atomic mass is 9.68. The molecule has 0 unspecified atom stereocenters. The summed E-state index contributed by atoms with van der Waals surface area (Å²) in [6.07, 6.45) is 0.975. The first-order chi connectivity index (χ1) is 16.8. The molecule has 1 aliphatic carbocycles. The average molecular weight is 474 g/mol. The van der Waals surface area contributed by atoms with Crippen LogP contribution in [0, 0.1) is 16.7 Å². The lowest BCUT2D eigenvalue weighted by molar-refractivity contribution is -0.118. The summed E-state index contributed by atoms with van der Waals surface area (Å²) in [5.74, 6) is 2.03. The van der Waals surface area contributed by atoms with Crippen molar-refractivity contribution < 1.29 is 23.7 Å². The van der Waals surface area contributed by atoms with Gasteiger partial charge in [0.1, 0.15) is 17.3 Å². The molecular weight excluding hydrogens is 446 g/mol. The summed E-state index contributed by atoms with van der Waals surface area (Å²) in [6, 6.07) is 13.2. The van der Waals surface area contributed by atoms with Crippen molar-refractivity contribution >= 4 is 11.5 Å². The third-order valence-corrected chi connectivity index (χ3v) is 6.74. The maximum absolute atomic E-state index is 13.7. The van der Waals surface area contributed by atoms with Crippen LogP contribution in [0.5, 0.6) is 23.0 Å². The predicted molar refractivity (Wildman–Crippen MR) is 129 cm³/mol. The van der Waals surface area contributed by atoms with E-state index in [0.717, 1.165) is 11.3 Å². The Kier molecular flexibility index (Phi) is 5.36. The molecule has 1 atom stereocenters. The number of Topliss-reactive ketones (excluding diaryl/α,β-unsaturated/α-hetero) is 1. The zero-order chi connectivity index (χ0) is 24.9. The van der Waals surface area contributed by atoms with Gasteiger partial charge in [-0.05, 0) is 41.7 Å². The van der Waals surface area contributed by atoms with Crippen LogP contribution in [0.25, 0.3) is 0 Å². The molecule has 0 fully saturated rings. The minimum absolute atomic E-state index is 0.00311. The van der Waals surface area contributed by atoms with Crippen LogP contribution in [0.2, 0.25) is 0 Å². The van der Waals surface area contributed by atoms with Crippen LogP contribution in [0.1, 0.15) is 38.2 Å². The van der Waals surface area contributed by atoms with Crippen molar-refractivity contribution in [2.75, 3.05) is 25.9 Å². The van der Waals surface area contributed by atoms with E-state index in [1.54, 1.807) is 37.3 Å². The van der Waals surface area contributed by atoms with Crippen molar-refractivity contribution in [3.8, 4) is 29.1 Å². The van der Waals surface area contributed by atoms with Gasteiger partial charge in [-0.25, -0.2) is 0 Å². The number of nitrogens with two attached hydrogens (primary N) is 1. The largest absolute Gasteiger partial charge is 0.497 e. The van der Waals surface area contributed by atoms with Gasteiger partial charge in [0.25, 0.3) is 0 Å². The number of carbonyl (C=O) groups is 1. The zero-order valence-corrected chi connectivity index (χ0v) is 20.2. The van der Waals surface area contributed by atoms with E-state index in [0.29, 0.717) is 52.7 Å². The minimum Gasteiger partial charge on any atom is -0.497 e. The van der Waals surface area contributed by atoms with Crippen LogP contribution in [0.4, 0.5) is 5.69 Å². The summed E-state index contributed by atoms with van der Waals surface area (Å²) in [5.41, 5.74) is 9.50. The Morgan fingerprint density at radius 1 is 1.09 bits per heavy atom. The van der Waals surface area contributed by atoms with Gasteiger partial charge < -0.3 is 24.7 Å². The number of hydrogen-bond acceptors (Lipinski definition) is 8. The SMILES string of the molecule is COc1ccc(N2C(N)=C(C#N)[C@@H](c3ccc4c(c3)OCO4)C3=C2CC(C)(C)CC3=O)c(OC)c1. The normalized spacial score (nSPS) is 20.5. The summed E-state index contributed by atoms with van der Waals surface area (Å²) in [7, 11) is 3.14. The third-order valence-electron chi connectivity index (χ3n) is 6.74. The number of hydrogen-bond donors (Lipinski definition) is 1. The molecule has 0 aromatic heterocycles. The summed E-state index contributed by atoms with van der Waals surface area (Å²) in [6.45, 7) is 4.26.